The second kappa shape index (κ2) is 7.39. The lowest BCUT2D eigenvalue weighted by atomic mass is 9.80. The molecule has 0 N–H and O–H groups in total. The predicted molar refractivity (Wildman–Crippen MR) is 85.3 cm³/mol. The van der Waals surface area contributed by atoms with Crippen LogP contribution < -0.4 is 0 Å². The van der Waals surface area contributed by atoms with E-state index in [0.717, 1.165) is 6.42 Å². The zero-order valence-corrected chi connectivity index (χ0v) is 15.4. The van der Waals surface area contributed by atoms with Crippen molar-refractivity contribution in [3.8, 4) is 0 Å². The summed E-state index contributed by atoms with van der Waals surface area (Å²) in [4.78, 5) is 25.6. The van der Waals surface area contributed by atoms with Crippen LogP contribution in [0.5, 0.6) is 0 Å². The molecular weight excluding hydrogens is 268 g/mol. The van der Waals surface area contributed by atoms with Gasteiger partial charge in [-0.05, 0) is 12.3 Å². The molecule has 1 unspecified atom stereocenters. The van der Waals surface area contributed by atoms with Gasteiger partial charge in [0.2, 0.25) is 0 Å². The lowest BCUT2D eigenvalue weighted by Crippen LogP contribution is -2.48. The minimum atomic E-state index is -1.15. The largest absolute Gasteiger partial charge is 0.465 e. The molecule has 0 saturated heterocycles. The van der Waals surface area contributed by atoms with E-state index in [9.17, 15) is 9.59 Å². The Hall–Kier alpha value is -0.643. The van der Waals surface area contributed by atoms with Gasteiger partial charge >= 0.3 is 5.97 Å². The lowest BCUT2D eigenvalue weighted by molar-refractivity contribution is -0.154. The number of ketones is 1. The Kier molecular flexibility index (Phi) is 7.15. The summed E-state index contributed by atoms with van der Waals surface area (Å²) >= 11 is 0. The molecule has 4 heteroatoms. The Morgan fingerprint density at radius 3 is 1.95 bits per heavy atom. The highest BCUT2D eigenvalue weighted by atomic mass is 28.3. The molecule has 0 bridgehead atoms. The van der Waals surface area contributed by atoms with E-state index >= 15 is 0 Å². The third-order valence-electron chi connectivity index (χ3n) is 3.44. The van der Waals surface area contributed by atoms with Crippen molar-refractivity contribution in [1.82, 2.24) is 0 Å². The molecule has 0 fully saturated rings. The van der Waals surface area contributed by atoms with Crippen molar-refractivity contribution in [2.75, 3.05) is 6.61 Å². The predicted octanol–water partition coefficient (Wildman–Crippen LogP) is 4.10. The van der Waals surface area contributed by atoms with Crippen molar-refractivity contribution >= 4 is 20.5 Å². The number of ether oxygens (including phenoxy) is 1. The second-order valence-corrected chi connectivity index (χ2v) is 10.1. The van der Waals surface area contributed by atoms with Gasteiger partial charge in [0.1, 0.15) is 5.04 Å². The molecule has 0 aromatic rings. The first kappa shape index (κ1) is 19.4. The first-order valence-corrected chi connectivity index (χ1v) is 10.0. The lowest BCUT2D eigenvalue weighted by Gasteiger charge is -2.37. The maximum atomic E-state index is 12.9. The van der Waals surface area contributed by atoms with Crippen LogP contribution in [0, 0.1) is 11.3 Å². The van der Waals surface area contributed by atoms with E-state index in [1.165, 1.54) is 0 Å². The number of hydrogen-bond acceptors (Lipinski definition) is 3. The van der Waals surface area contributed by atoms with E-state index in [1.54, 1.807) is 0 Å². The summed E-state index contributed by atoms with van der Waals surface area (Å²) in [6.45, 7) is 16.2. The Balaban J connectivity index is 5.55. The summed E-state index contributed by atoms with van der Waals surface area (Å²) in [6, 6.07) is 0. The summed E-state index contributed by atoms with van der Waals surface area (Å²) < 4.78 is 5.46. The van der Waals surface area contributed by atoms with Crippen LogP contribution in [-0.2, 0) is 14.3 Å². The zero-order chi connectivity index (χ0) is 16.1. The Morgan fingerprint density at radius 2 is 1.65 bits per heavy atom. The van der Waals surface area contributed by atoms with Gasteiger partial charge < -0.3 is 4.74 Å². The molecule has 20 heavy (non-hydrogen) atoms. The fourth-order valence-electron chi connectivity index (χ4n) is 2.37. The first-order valence-electron chi connectivity index (χ1n) is 7.52. The second-order valence-electron chi connectivity index (χ2n) is 7.23. The average molecular weight is 300 g/mol. The first-order chi connectivity index (χ1) is 9.00. The topological polar surface area (TPSA) is 43.4 Å². The van der Waals surface area contributed by atoms with Crippen LogP contribution in [0.4, 0.5) is 0 Å². The van der Waals surface area contributed by atoms with Crippen LogP contribution in [0.1, 0.15) is 54.4 Å². The number of Topliss-reactive ketones (excluding diaryl/α,β-unsaturated/α-hetero) is 1. The monoisotopic (exact) mass is 299 g/mol. The van der Waals surface area contributed by atoms with E-state index in [4.69, 9.17) is 4.74 Å². The fourth-order valence-corrected chi connectivity index (χ4v) is 4.43. The Labute approximate surface area is 126 Å². The van der Waals surface area contributed by atoms with Crippen molar-refractivity contribution in [3.63, 3.8) is 0 Å². The van der Waals surface area contributed by atoms with Crippen LogP contribution >= 0.6 is 0 Å². The standard InChI is InChI=1S/C16H31O3Si/c1-9-10-16(20(7)8,13(17)15(4,5)6)14(18)19-11-12(2)3/h12H,9-11H2,1-8H3. The molecule has 1 atom stereocenters. The molecule has 0 aromatic carbocycles. The molecule has 117 valence electrons. The highest BCUT2D eigenvalue weighted by Crippen LogP contribution is 2.44. The number of rotatable bonds is 7. The third-order valence-corrected chi connectivity index (χ3v) is 5.83. The van der Waals surface area contributed by atoms with E-state index < -0.39 is 19.2 Å². The Bertz CT molecular complexity index is 342. The van der Waals surface area contributed by atoms with Crippen LogP contribution in [0.3, 0.4) is 0 Å². The molecule has 0 rings (SSSR count). The van der Waals surface area contributed by atoms with Gasteiger partial charge in [-0.1, -0.05) is 61.1 Å². The molecule has 0 aliphatic carbocycles. The highest BCUT2D eigenvalue weighted by Gasteiger charge is 2.52. The van der Waals surface area contributed by atoms with Crippen molar-refractivity contribution < 1.29 is 14.3 Å². The number of esters is 1. The maximum Gasteiger partial charge on any atom is 0.316 e. The fraction of sp³-hybridized carbons (Fsp3) is 0.875. The molecule has 0 aliphatic rings. The van der Waals surface area contributed by atoms with Crippen LogP contribution in [-0.4, -0.2) is 27.2 Å². The van der Waals surface area contributed by atoms with Gasteiger partial charge in [0, 0.05) is 5.41 Å². The minimum Gasteiger partial charge on any atom is -0.465 e. The van der Waals surface area contributed by atoms with Gasteiger partial charge in [0.15, 0.2) is 5.78 Å². The SMILES string of the molecule is CCCC(C(=O)OCC(C)C)(C(=O)C(C)(C)C)[Si](C)C. The molecule has 0 amide bonds. The van der Waals surface area contributed by atoms with Crippen LogP contribution in [0.25, 0.3) is 0 Å². The normalized spacial score (nSPS) is 15.3. The van der Waals surface area contributed by atoms with E-state index in [0.29, 0.717) is 13.0 Å². The quantitative estimate of drug-likeness (QED) is 0.404. The van der Waals surface area contributed by atoms with Crippen LogP contribution in [0.2, 0.25) is 18.1 Å². The smallest absolute Gasteiger partial charge is 0.316 e. The minimum absolute atomic E-state index is 0.0412. The number of hydrogen-bond donors (Lipinski definition) is 0. The average Bonchev–Trinajstić information content (AvgIpc) is 2.30. The zero-order valence-electron chi connectivity index (χ0n) is 14.4. The maximum absolute atomic E-state index is 12.9. The number of carbonyl (C=O) groups excluding carboxylic acids is 2. The summed E-state index contributed by atoms with van der Waals surface area (Å²) in [5, 5.41) is -0.910. The van der Waals surface area contributed by atoms with E-state index in [2.05, 4.69) is 0 Å². The van der Waals surface area contributed by atoms with Gasteiger partial charge in [-0.3, -0.25) is 9.59 Å². The molecule has 0 aliphatic heterocycles. The van der Waals surface area contributed by atoms with Crippen molar-refractivity contribution in [3.05, 3.63) is 0 Å². The van der Waals surface area contributed by atoms with Crippen LogP contribution in [0.15, 0.2) is 0 Å². The summed E-state index contributed by atoms with van der Waals surface area (Å²) in [5.41, 5.74) is -0.520. The highest BCUT2D eigenvalue weighted by molar-refractivity contribution is 6.69. The summed E-state index contributed by atoms with van der Waals surface area (Å²) in [6.07, 6.45) is 1.41. The Morgan fingerprint density at radius 1 is 1.15 bits per heavy atom. The molecule has 0 spiro atoms. The molecule has 0 heterocycles. The molecular formula is C16H31O3Si. The van der Waals surface area contributed by atoms with Gasteiger partial charge in [0.25, 0.3) is 0 Å². The molecule has 1 radical (unpaired) electrons. The third kappa shape index (κ3) is 4.44. The number of carbonyl (C=O) groups is 2. The van der Waals surface area contributed by atoms with Crippen molar-refractivity contribution in [2.24, 2.45) is 11.3 Å². The van der Waals surface area contributed by atoms with E-state index in [1.807, 2.05) is 54.6 Å². The van der Waals surface area contributed by atoms with Crippen molar-refractivity contribution in [1.29, 1.82) is 0 Å². The van der Waals surface area contributed by atoms with Gasteiger partial charge in [0.05, 0.1) is 15.4 Å². The molecule has 0 aromatic heterocycles. The van der Waals surface area contributed by atoms with Gasteiger partial charge in [-0.15, -0.1) is 0 Å². The summed E-state index contributed by atoms with van der Waals surface area (Å²) in [7, 11) is -1.15. The molecule has 3 nitrogen and oxygen atoms in total. The molecule has 0 saturated carbocycles. The summed E-state index contributed by atoms with van der Waals surface area (Å²) in [5.74, 6) is 0.0266. The van der Waals surface area contributed by atoms with Gasteiger partial charge in [-0.2, -0.15) is 0 Å². The van der Waals surface area contributed by atoms with Gasteiger partial charge in [-0.25, -0.2) is 0 Å². The van der Waals surface area contributed by atoms with Crippen molar-refractivity contribution in [2.45, 2.75) is 72.5 Å². The van der Waals surface area contributed by atoms with E-state index in [-0.39, 0.29) is 17.7 Å².